The summed E-state index contributed by atoms with van der Waals surface area (Å²) in [5.41, 5.74) is 10.7. The van der Waals surface area contributed by atoms with Gasteiger partial charge in [-0.2, -0.15) is 0 Å². The molecule has 5 aromatic carbocycles. The summed E-state index contributed by atoms with van der Waals surface area (Å²) in [6.07, 6.45) is 0. The van der Waals surface area contributed by atoms with Gasteiger partial charge in [0.2, 0.25) is 0 Å². The molecular weight excluding hydrogens is 528 g/mol. The van der Waals surface area contributed by atoms with Crippen LogP contribution in [0, 0.1) is 6.92 Å². The standard InChI is InChI=1S/C38H28N4O/c1-25-23-30-31(24-32(25)43-2)38(40-33(26-15-7-3-8-16-26)34(41-38)27-17-9-4-10-18-27)42-36(29-21-13-6-14-22-29)35(39-37(30)42)28-19-11-5-12-20-28/h3-24H,1-2H3. The molecule has 5 nitrogen and oxygen atoms in total. The number of fused-ring (bicyclic) bond motifs is 5. The molecule has 0 saturated carbocycles. The van der Waals surface area contributed by atoms with E-state index in [9.17, 15) is 0 Å². The predicted octanol–water partition coefficient (Wildman–Crippen LogP) is 8.17. The van der Waals surface area contributed by atoms with Gasteiger partial charge in [-0.15, -0.1) is 0 Å². The third-order valence-electron chi connectivity index (χ3n) is 8.28. The zero-order valence-electron chi connectivity index (χ0n) is 23.9. The van der Waals surface area contributed by atoms with Gasteiger partial charge in [0, 0.05) is 33.4 Å². The number of ether oxygens (including phenoxy) is 1. The summed E-state index contributed by atoms with van der Waals surface area (Å²) in [4.78, 5) is 16.6. The van der Waals surface area contributed by atoms with Crippen LogP contribution in [-0.4, -0.2) is 28.1 Å². The molecule has 206 valence electrons. The molecule has 0 fully saturated rings. The maximum absolute atomic E-state index is 5.85. The van der Waals surface area contributed by atoms with E-state index in [1.165, 1.54) is 0 Å². The summed E-state index contributed by atoms with van der Waals surface area (Å²) in [6.45, 7) is 2.07. The Labute approximate surface area is 250 Å². The lowest BCUT2D eigenvalue weighted by Crippen LogP contribution is -2.27. The maximum atomic E-state index is 5.85. The van der Waals surface area contributed by atoms with Crippen LogP contribution in [0.15, 0.2) is 143 Å². The molecule has 0 unspecified atom stereocenters. The first-order valence-electron chi connectivity index (χ1n) is 14.4. The van der Waals surface area contributed by atoms with Crippen molar-refractivity contribution in [1.82, 2.24) is 9.55 Å². The number of nitrogens with zero attached hydrogens (tertiary/aromatic N) is 4. The molecule has 0 atom stereocenters. The molecule has 1 aromatic heterocycles. The van der Waals surface area contributed by atoms with Crippen LogP contribution >= 0.6 is 0 Å². The molecule has 3 heterocycles. The lowest BCUT2D eigenvalue weighted by atomic mass is 9.99. The Balaban J connectivity index is 1.52. The predicted molar refractivity (Wildman–Crippen MR) is 173 cm³/mol. The van der Waals surface area contributed by atoms with Crippen LogP contribution < -0.4 is 4.74 Å². The Morgan fingerprint density at radius 1 is 0.605 bits per heavy atom. The Kier molecular flexibility index (Phi) is 5.73. The Hall–Kier alpha value is -5.55. The zero-order chi connectivity index (χ0) is 29.0. The Bertz CT molecular complexity index is 1990. The van der Waals surface area contributed by atoms with Crippen LogP contribution in [0.5, 0.6) is 5.75 Å². The largest absolute Gasteiger partial charge is 0.496 e. The van der Waals surface area contributed by atoms with E-state index in [-0.39, 0.29) is 0 Å². The number of rotatable bonds is 5. The van der Waals surface area contributed by atoms with Crippen molar-refractivity contribution < 1.29 is 4.74 Å². The number of imidazole rings is 1. The average molecular weight is 557 g/mol. The molecule has 0 radical (unpaired) electrons. The number of aliphatic imine (C=N–C) groups is 2. The van der Waals surface area contributed by atoms with E-state index >= 15 is 0 Å². The second-order valence-corrected chi connectivity index (χ2v) is 10.9. The third-order valence-corrected chi connectivity index (χ3v) is 8.28. The minimum atomic E-state index is -1.12. The number of aryl methyl sites for hydroxylation is 1. The minimum Gasteiger partial charge on any atom is -0.496 e. The van der Waals surface area contributed by atoms with Crippen molar-refractivity contribution >= 4 is 11.4 Å². The molecule has 0 aliphatic carbocycles. The third kappa shape index (κ3) is 3.82. The van der Waals surface area contributed by atoms with Crippen LogP contribution in [0.25, 0.3) is 33.9 Å². The molecule has 6 aromatic rings. The molecule has 0 amide bonds. The second kappa shape index (κ2) is 9.78. The highest BCUT2D eigenvalue weighted by Crippen LogP contribution is 2.54. The van der Waals surface area contributed by atoms with Crippen molar-refractivity contribution in [2.45, 2.75) is 12.7 Å². The van der Waals surface area contributed by atoms with Gasteiger partial charge in [0.05, 0.1) is 29.9 Å². The van der Waals surface area contributed by atoms with Crippen molar-refractivity contribution in [1.29, 1.82) is 0 Å². The number of hydrogen-bond acceptors (Lipinski definition) is 4. The number of benzene rings is 5. The molecular formula is C38H28N4O. The normalized spacial score (nSPS) is 14.3. The molecule has 0 N–H and O–H groups in total. The van der Waals surface area contributed by atoms with Gasteiger partial charge in [0.1, 0.15) is 11.6 Å². The van der Waals surface area contributed by atoms with Crippen molar-refractivity contribution in [3.8, 4) is 39.7 Å². The fourth-order valence-electron chi connectivity index (χ4n) is 6.31. The first-order chi connectivity index (χ1) is 21.2. The van der Waals surface area contributed by atoms with E-state index in [4.69, 9.17) is 19.7 Å². The van der Waals surface area contributed by atoms with E-state index in [2.05, 4.69) is 96.4 Å². The molecule has 8 rings (SSSR count). The highest BCUT2D eigenvalue weighted by atomic mass is 16.5. The Morgan fingerprint density at radius 3 is 1.60 bits per heavy atom. The number of aromatic nitrogens is 2. The van der Waals surface area contributed by atoms with Gasteiger partial charge in [0.25, 0.3) is 5.79 Å². The highest BCUT2D eigenvalue weighted by molar-refractivity contribution is 6.54. The monoisotopic (exact) mass is 556 g/mol. The SMILES string of the molecule is COc1cc2c(cc1C)-c1nc(-c3ccccc3)c(-c3ccccc3)n1C21N=C(c2ccccc2)C(c2ccccc2)=N1. The van der Waals surface area contributed by atoms with Crippen molar-refractivity contribution in [2.75, 3.05) is 7.11 Å². The second-order valence-electron chi connectivity index (χ2n) is 10.9. The van der Waals surface area contributed by atoms with E-state index < -0.39 is 5.79 Å². The topological polar surface area (TPSA) is 51.8 Å². The number of hydrogen-bond donors (Lipinski definition) is 0. The number of methoxy groups -OCH3 is 1. The lowest BCUT2D eigenvalue weighted by Gasteiger charge is -2.25. The van der Waals surface area contributed by atoms with Crippen LogP contribution in [0.3, 0.4) is 0 Å². The average Bonchev–Trinajstić information content (AvgIpc) is 3.73. The summed E-state index contributed by atoms with van der Waals surface area (Å²) in [5.74, 6) is 0.522. The first-order valence-corrected chi connectivity index (χ1v) is 14.4. The molecule has 1 spiro atoms. The molecule has 43 heavy (non-hydrogen) atoms. The quantitative estimate of drug-likeness (QED) is 0.215. The molecule has 0 bridgehead atoms. The fraction of sp³-hybridized carbons (Fsp3) is 0.0789. The fourth-order valence-corrected chi connectivity index (χ4v) is 6.31. The zero-order valence-corrected chi connectivity index (χ0v) is 23.9. The lowest BCUT2D eigenvalue weighted by molar-refractivity contribution is 0.401. The van der Waals surface area contributed by atoms with E-state index in [0.29, 0.717) is 0 Å². The van der Waals surface area contributed by atoms with Gasteiger partial charge in [-0.3, -0.25) is 4.57 Å². The van der Waals surface area contributed by atoms with Crippen molar-refractivity contribution in [3.05, 3.63) is 156 Å². The smallest absolute Gasteiger partial charge is 0.262 e. The minimum absolute atomic E-state index is 0.799. The van der Waals surface area contributed by atoms with Gasteiger partial charge >= 0.3 is 0 Å². The van der Waals surface area contributed by atoms with E-state index in [1.54, 1.807) is 7.11 Å². The van der Waals surface area contributed by atoms with Gasteiger partial charge in [0.15, 0.2) is 0 Å². The Morgan fingerprint density at radius 2 is 1.09 bits per heavy atom. The summed E-state index contributed by atoms with van der Waals surface area (Å²) < 4.78 is 8.10. The summed E-state index contributed by atoms with van der Waals surface area (Å²) in [5, 5.41) is 0. The van der Waals surface area contributed by atoms with Gasteiger partial charge in [-0.1, -0.05) is 121 Å². The van der Waals surface area contributed by atoms with Crippen molar-refractivity contribution in [2.24, 2.45) is 9.98 Å². The van der Waals surface area contributed by atoms with Crippen molar-refractivity contribution in [3.63, 3.8) is 0 Å². The van der Waals surface area contributed by atoms with Crippen LogP contribution in [0.2, 0.25) is 0 Å². The van der Waals surface area contributed by atoms with Gasteiger partial charge < -0.3 is 4.74 Å². The van der Waals surface area contributed by atoms with Crippen LogP contribution in [0.1, 0.15) is 22.3 Å². The van der Waals surface area contributed by atoms with Crippen LogP contribution in [0.4, 0.5) is 0 Å². The molecule has 2 aliphatic heterocycles. The molecule has 2 aliphatic rings. The summed E-state index contributed by atoms with van der Waals surface area (Å²) in [7, 11) is 1.71. The first kappa shape index (κ1) is 25.2. The maximum Gasteiger partial charge on any atom is 0.262 e. The molecule has 5 heteroatoms. The van der Waals surface area contributed by atoms with Gasteiger partial charge in [-0.05, 0) is 24.6 Å². The van der Waals surface area contributed by atoms with E-state index in [0.717, 1.165) is 73.3 Å². The highest BCUT2D eigenvalue weighted by Gasteiger charge is 2.51. The summed E-state index contributed by atoms with van der Waals surface area (Å²) in [6, 6.07) is 45.7. The molecule has 0 saturated heterocycles. The van der Waals surface area contributed by atoms with E-state index in [1.807, 2.05) is 48.5 Å². The van der Waals surface area contributed by atoms with Gasteiger partial charge in [-0.25, -0.2) is 15.0 Å². The summed E-state index contributed by atoms with van der Waals surface area (Å²) >= 11 is 0. The van der Waals surface area contributed by atoms with Crippen LogP contribution in [-0.2, 0) is 5.79 Å².